The van der Waals surface area contributed by atoms with E-state index < -0.39 is 0 Å². The van der Waals surface area contributed by atoms with E-state index in [0.717, 1.165) is 10.6 Å². The molecule has 0 atom stereocenters. The first-order valence-electron chi connectivity index (χ1n) is 7.46. The monoisotopic (exact) mass is 351 g/mol. The molecular formula is C17H13N5O2S. The van der Waals surface area contributed by atoms with Crippen LogP contribution in [0.15, 0.2) is 54.9 Å². The number of anilines is 1. The Morgan fingerprint density at radius 2 is 2.04 bits per heavy atom. The van der Waals surface area contributed by atoms with E-state index in [-0.39, 0.29) is 5.91 Å². The number of ether oxygens (including phenoxy) is 1. The molecule has 0 aliphatic heterocycles. The van der Waals surface area contributed by atoms with Crippen molar-refractivity contribution in [3.63, 3.8) is 0 Å². The highest BCUT2D eigenvalue weighted by molar-refractivity contribution is 7.19. The Hall–Kier alpha value is -3.26. The lowest BCUT2D eigenvalue weighted by Gasteiger charge is -2.11. The summed E-state index contributed by atoms with van der Waals surface area (Å²) in [4.78, 5) is 13.1. The molecule has 0 spiro atoms. The van der Waals surface area contributed by atoms with Crippen LogP contribution in [-0.2, 0) is 0 Å². The number of nitrogens with zero attached hydrogens (tertiary/aromatic N) is 4. The fourth-order valence-corrected chi connectivity index (χ4v) is 3.22. The van der Waals surface area contributed by atoms with Gasteiger partial charge in [0.2, 0.25) is 4.96 Å². The summed E-state index contributed by atoms with van der Waals surface area (Å²) in [6.45, 7) is 0. The van der Waals surface area contributed by atoms with Crippen LogP contribution in [0.25, 0.3) is 15.5 Å². The molecule has 2 aromatic heterocycles. The first-order chi connectivity index (χ1) is 12.2. The first kappa shape index (κ1) is 15.3. The summed E-state index contributed by atoms with van der Waals surface area (Å²) in [5.74, 6) is 0.380. The molecule has 4 rings (SSSR count). The van der Waals surface area contributed by atoms with Gasteiger partial charge in [0.25, 0.3) is 5.91 Å². The van der Waals surface area contributed by atoms with Crippen molar-refractivity contribution in [3.05, 3.63) is 60.4 Å². The number of benzene rings is 2. The quantitative estimate of drug-likeness (QED) is 0.611. The van der Waals surface area contributed by atoms with Crippen LogP contribution in [0.1, 0.15) is 10.4 Å². The molecule has 0 bridgehead atoms. The van der Waals surface area contributed by atoms with Crippen LogP contribution in [0.3, 0.4) is 0 Å². The van der Waals surface area contributed by atoms with Gasteiger partial charge in [-0.2, -0.15) is 9.61 Å². The van der Waals surface area contributed by atoms with E-state index in [4.69, 9.17) is 4.74 Å². The van der Waals surface area contributed by atoms with E-state index in [2.05, 4.69) is 20.6 Å². The standard InChI is InChI=1S/C17H13N5O2S/c1-24-14-8-7-12(16-21-22-10-18-20-17(22)25-16)9-13(14)19-15(23)11-5-3-2-4-6-11/h2-10H,1H3,(H,19,23). The average molecular weight is 351 g/mol. The number of rotatable bonds is 4. The van der Waals surface area contributed by atoms with Crippen LogP contribution in [0, 0.1) is 0 Å². The summed E-state index contributed by atoms with van der Waals surface area (Å²) in [5.41, 5.74) is 2.02. The third-order valence-corrected chi connectivity index (χ3v) is 4.58. The Balaban J connectivity index is 1.68. The van der Waals surface area contributed by atoms with Crippen molar-refractivity contribution in [2.24, 2.45) is 0 Å². The van der Waals surface area contributed by atoms with E-state index in [1.54, 1.807) is 36.2 Å². The molecule has 0 saturated heterocycles. The zero-order valence-corrected chi connectivity index (χ0v) is 14.0. The predicted octanol–water partition coefficient (Wildman–Crippen LogP) is 3.11. The lowest BCUT2D eigenvalue weighted by Crippen LogP contribution is -2.12. The Kier molecular flexibility index (Phi) is 3.87. The van der Waals surface area contributed by atoms with Crippen LogP contribution in [0.4, 0.5) is 5.69 Å². The highest BCUT2D eigenvalue weighted by Gasteiger charge is 2.13. The molecule has 2 aromatic carbocycles. The number of hydrogen-bond acceptors (Lipinski definition) is 6. The topological polar surface area (TPSA) is 81.4 Å². The number of hydrogen-bond donors (Lipinski definition) is 1. The van der Waals surface area contributed by atoms with E-state index >= 15 is 0 Å². The zero-order valence-electron chi connectivity index (χ0n) is 13.2. The van der Waals surface area contributed by atoms with E-state index in [0.29, 0.717) is 22.0 Å². The summed E-state index contributed by atoms with van der Waals surface area (Å²) < 4.78 is 6.98. The van der Waals surface area contributed by atoms with Gasteiger partial charge in [0.15, 0.2) is 0 Å². The average Bonchev–Trinajstić information content (AvgIpc) is 3.24. The van der Waals surface area contributed by atoms with Crippen molar-refractivity contribution >= 4 is 27.9 Å². The van der Waals surface area contributed by atoms with Gasteiger partial charge in [-0.1, -0.05) is 29.5 Å². The highest BCUT2D eigenvalue weighted by atomic mass is 32.1. The molecule has 4 aromatic rings. The second kappa shape index (κ2) is 6.33. The van der Waals surface area contributed by atoms with Crippen molar-refractivity contribution < 1.29 is 9.53 Å². The maximum absolute atomic E-state index is 12.4. The molecular weight excluding hydrogens is 338 g/mol. The lowest BCUT2D eigenvalue weighted by atomic mass is 10.1. The van der Waals surface area contributed by atoms with Gasteiger partial charge in [0, 0.05) is 11.1 Å². The van der Waals surface area contributed by atoms with E-state index in [1.165, 1.54) is 11.3 Å². The van der Waals surface area contributed by atoms with Crippen molar-refractivity contribution in [1.29, 1.82) is 0 Å². The Bertz CT molecular complexity index is 1010. The minimum atomic E-state index is -0.200. The van der Waals surface area contributed by atoms with E-state index in [1.807, 2.05) is 30.3 Å². The minimum absolute atomic E-state index is 0.200. The molecule has 0 unspecified atom stereocenters. The molecule has 1 N–H and O–H groups in total. The van der Waals surface area contributed by atoms with Crippen LogP contribution >= 0.6 is 11.3 Å². The minimum Gasteiger partial charge on any atom is -0.495 e. The third-order valence-electron chi connectivity index (χ3n) is 3.62. The SMILES string of the molecule is COc1ccc(-c2nn3cnnc3s2)cc1NC(=O)c1ccccc1. The molecule has 25 heavy (non-hydrogen) atoms. The van der Waals surface area contributed by atoms with Crippen LogP contribution in [0.5, 0.6) is 5.75 Å². The summed E-state index contributed by atoms with van der Waals surface area (Å²) >= 11 is 1.42. The summed E-state index contributed by atoms with van der Waals surface area (Å²) in [6, 6.07) is 14.6. The van der Waals surface area contributed by atoms with Gasteiger partial charge >= 0.3 is 0 Å². The number of methoxy groups -OCH3 is 1. The second-order valence-electron chi connectivity index (χ2n) is 5.20. The predicted molar refractivity (Wildman–Crippen MR) is 95.0 cm³/mol. The van der Waals surface area contributed by atoms with E-state index in [9.17, 15) is 4.79 Å². The largest absolute Gasteiger partial charge is 0.495 e. The lowest BCUT2D eigenvalue weighted by molar-refractivity contribution is 0.102. The number of fused-ring (bicyclic) bond motifs is 1. The number of nitrogens with one attached hydrogen (secondary N) is 1. The van der Waals surface area contributed by atoms with Crippen LogP contribution in [-0.4, -0.2) is 32.8 Å². The number of aromatic nitrogens is 4. The third kappa shape index (κ3) is 2.94. The van der Waals surface area contributed by atoms with Crippen molar-refractivity contribution in [1.82, 2.24) is 19.8 Å². The molecule has 0 saturated carbocycles. The highest BCUT2D eigenvalue weighted by Crippen LogP contribution is 2.32. The second-order valence-corrected chi connectivity index (χ2v) is 6.16. The maximum Gasteiger partial charge on any atom is 0.255 e. The fourth-order valence-electron chi connectivity index (χ4n) is 2.40. The smallest absolute Gasteiger partial charge is 0.255 e. The van der Waals surface area contributed by atoms with Gasteiger partial charge in [-0.25, -0.2) is 0 Å². The van der Waals surface area contributed by atoms with Crippen LogP contribution in [0.2, 0.25) is 0 Å². The number of carbonyl (C=O) groups is 1. The molecule has 0 aliphatic rings. The Morgan fingerprint density at radius 1 is 1.20 bits per heavy atom. The molecule has 124 valence electrons. The van der Waals surface area contributed by atoms with Crippen LogP contribution < -0.4 is 10.1 Å². The maximum atomic E-state index is 12.4. The molecule has 0 radical (unpaired) electrons. The van der Waals surface area contributed by atoms with Crippen molar-refractivity contribution in [2.75, 3.05) is 12.4 Å². The first-order valence-corrected chi connectivity index (χ1v) is 8.28. The zero-order chi connectivity index (χ0) is 17.2. The molecule has 2 heterocycles. The number of amides is 1. The molecule has 0 aliphatic carbocycles. The molecule has 0 fully saturated rings. The Morgan fingerprint density at radius 3 is 2.80 bits per heavy atom. The van der Waals surface area contributed by atoms with Crippen molar-refractivity contribution in [3.8, 4) is 16.3 Å². The van der Waals surface area contributed by atoms with Gasteiger partial charge in [-0.15, -0.1) is 10.2 Å². The van der Waals surface area contributed by atoms with Gasteiger partial charge in [-0.05, 0) is 30.3 Å². The normalized spacial score (nSPS) is 10.8. The molecule has 1 amide bonds. The summed E-state index contributed by atoms with van der Waals surface area (Å²) in [5, 5.41) is 15.9. The Labute approximate surface area is 146 Å². The molecule has 8 heteroatoms. The number of carbonyl (C=O) groups excluding carboxylic acids is 1. The summed E-state index contributed by atoms with van der Waals surface area (Å²) in [6.07, 6.45) is 1.55. The van der Waals surface area contributed by atoms with Gasteiger partial charge < -0.3 is 10.1 Å². The fraction of sp³-hybridized carbons (Fsp3) is 0.0588. The van der Waals surface area contributed by atoms with Crippen molar-refractivity contribution in [2.45, 2.75) is 0 Å². The molecule has 7 nitrogen and oxygen atoms in total. The van der Waals surface area contributed by atoms with Gasteiger partial charge in [-0.3, -0.25) is 4.79 Å². The summed E-state index contributed by atoms with van der Waals surface area (Å²) in [7, 11) is 1.57. The van der Waals surface area contributed by atoms with Gasteiger partial charge in [0.1, 0.15) is 17.1 Å². The van der Waals surface area contributed by atoms with Gasteiger partial charge in [0.05, 0.1) is 12.8 Å².